The standard InChI is InChI=1S/C21H28Si/c1-14-10-9-13-17-18(15(14)2)20(22(5)6)21(3,4)19(17)16-11-7-8-12-16/h7-11,13,15,19H,12H2,1-6H3. The number of hydrogen-bond acceptors (Lipinski definition) is 0. The molecule has 0 aromatic rings. The van der Waals surface area contributed by atoms with Crippen molar-refractivity contribution in [2.45, 2.75) is 47.2 Å². The first-order chi connectivity index (χ1) is 10.4. The van der Waals surface area contributed by atoms with Crippen molar-refractivity contribution >= 4 is 13.6 Å². The Kier molecular flexibility index (Phi) is 3.88. The van der Waals surface area contributed by atoms with Gasteiger partial charge in [-0.05, 0) is 29.9 Å². The van der Waals surface area contributed by atoms with Crippen LogP contribution in [0.4, 0.5) is 0 Å². The molecule has 0 saturated heterocycles. The third kappa shape index (κ3) is 2.22. The molecule has 0 aromatic heterocycles. The Morgan fingerprint density at radius 2 is 1.86 bits per heavy atom. The minimum Gasteiger partial charge on any atom is -0.0804 e. The van der Waals surface area contributed by atoms with Crippen LogP contribution in [0.1, 0.15) is 34.1 Å². The molecule has 0 nitrogen and oxygen atoms in total. The zero-order chi connectivity index (χ0) is 16.1. The van der Waals surface area contributed by atoms with E-state index in [1.165, 1.54) is 5.57 Å². The van der Waals surface area contributed by atoms with Crippen LogP contribution in [-0.4, -0.2) is 13.6 Å². The van der Waals surface area contributed by atoms with Crippen molar-refractivity contribution in [1.29, 1.82) is 0 Å². The van der Waals surface area contributed by atoms with Gasteiger partial charge >= 0.3 is 0 Å². The molecule has 0 aromatic carbocycles. The first-order valence-electron chi connectivity index (χ1n) is 8.48. The van der Waals surface area contributed by atoms with Crippen LogP contribution in [0.15, 0.2) is 58.7 Å². The molecule has 0 heterocycles. The summed E-state index contributed by atoms with van der Waals surface area (Å²) in [7, 11) is -0.470. The van der Waals surface area contributed by atoms with Gasteiger partial charge in [0.2, 0.25) is 0 Å². The van der Waals surface area contributed by atoms with Gasteiger partial charge in [0.05, 0.1) is 0 Å². The second kappa shape index (κ2) is 5.45. The van der Waals surface area contributed by atoms with Crippen molar-refractivity contribution in [2.75, 3.05) is 0 Å². The topological polar surface area (TPSA) is 0 Å². The van der Waals surface area contributed by atoms with Gasteiger partial charge in [0.1, 0.15) is 0 Å². The van der Waals surface area contributed by atoms with Crippen LogP contribution < -0.4 is 0 Å². The molecule has 2 atom stereocenters. The van der Waals surface area contributed by atoms with E-state index in [0.717, 1.165) is 6.42 Å². The summed E-state index contributed by atoms with van der Waals surface area (Å²) in [5, 5.41) is 1.78. The van der Waals surface area contributed by atoms with Crippen LogP contribution in [0.25, 0.3) is 0 Å². The molecule has 0 aliphatic heterocycles. The van der Waals surface area contributed by atoms with E-state index in [1.807, 2.05) is 0 Å². The van der Waals surface area contributed by atoms with Gasteiger partial charge in [-0.1, -0.05) is 86.6 Å². The molecule has 0 N–H and O–H groups in total. The fourth-order valence-corrected chi connectivity index (χ4v) is 7.10. The summed E-state index contributed by atoms with van der Waals surface area (Å²) < 4.78 is 0. The van der Waals surface area contributed by atoms with Crippen LogP contribution in [-0.2, 0) is 0 Å². The Bertz CT molecular complexity index is 685. The molecule has 22 heavy (non-hydrogen) atoms. The highest BCUT2D eigenvalue weighted by molar-refractivity contribution is 6.73. The van der Waals surface area contributed by atoms with E-state index in [2.05, 4.69) is 77.2 Å². The third-order valence-corrected chi connectivity index (χ3v) is 7.59. The Labute approximate surface area is 137 Å². The van der Waals surface area contributed by atoms with E-state index in [-0.39, 0.29) is 5.41 Å². The molecule has 0 radical (unpaired) electrons. The Hall–Kier alpha value is -1.21. The molecule has 0 saturated carbocycles. The number of allylic oxidation sites excluding steroid dienone is 10. The van der Waals surface area contributed by atoms with Gasteiger partial charge in [0.15, 0.2) is 0 Å². The van der Waals surface area contributed by atoms with E-state index >= 15 is 0 Å². The fourth-order valence-electron chi connectivity index (χ4n) is 4.76. The molecular weight excluding hydrogens is 280 g/mol. The highest BCUT2D eigenvalue weighted by Gasteiger charge is 2.47. The molecule has 3 aliphatic carbocycles. The van der Waals surface area contributed by atoms with Crippen LogP contribution >= 0.6 is 0 Å². The van der Waals surface area contributed by atoms with Crippen LogP contribution in [0.3, 0.4) is 0 Å². The third-order valence-electron chi connectivity index (χ3n) is 5.68. The molecule has 0 amide bonds. The lowest BCUT2D eigenvalue weighted by atomic mass is 9.73. The smallest absolute Gasteiger partial charge is 0.0145 e. The van der Waals surface area contributed by atoms with Gasteiger partial charge in [-0.15, -0.1) is 0 Å². The quantitative estimate of drug-likeness (QED) is 0.562. The van der Waals surface area contributed by atoms with Crippen LogP contribution in [0.2, 0.25) is 13.1 Å². The number of hydrogen-bond donors (Lipinski definition) is 0. The maximum absolute atomic E-state index is 2.48. The molecule has 3 aliphatic rings. The molecule has 0 fully saturated rings. The van der Waals surface area contributed by atoms with E-state index in [1.54, 1.807) is 21.9 Å². The molecular formula is C21H28Si. The average Bonchev–Trinajstić information content (AvgIpc) is 2.98. The minimum absolute atomic E-state index is 0.260. The molecule has 2 unspecified atom stereocenters. The first kappa shape index (κ1) is 15.7. The molecule has 3 rings (SSSR count). The van der Waals surface area contributed by atoms with Gasteiger partial charge < -0.3 is 0 Å². The highest BCUT2D eigenvalue weighted by Crippen LogP contribution is 2.53. The predicted octanol–water partition coefficient (Wildman–Crippen LogP) is 5.49. The van der Waals surface area contributed by atoms with Gasteiger partial charge in [0, 0.05) is 20.2 Å². The minimum atomic E-state index is -0.470. The van der Waals surface area contributed by atoms with Crippen molar-refractivity contribution in [1.82, 2.24) is 0 Å². The van der Waals surface area contributed by atoms with Crippen molar-refractivity contribution in [3.63, 3.8) is 0 Å². The van der Waals surface area contributed by atoms with E-state index in [0.29, 0.717) is 11.8 Å². The summed E-state index contributed by atoms with van der Waals surface area (Å²) >= 11 is 0. The Morgan fingerprint density at radius 3 is 2.45 bits per heavy atom. The maximum atomic E-state index is 2.48. The van der Waals surface area contributed by atoms with Gasteiger partial charge in [-0.2, -0.15) is 0 Å². The largest absolute Gasteiger partial charge is 0.0804 e. The summed E-state index contributed by atoms with van der Waals surface area (Å²) in [5.74, 6) is 1.12. The summed E-state index contributed by atoms with van der Waals surface area (Å²) in [5.41, 5.74) is 6.63. The lowest BCUT2D eigenvalue weighted by Crippen LogP contribution is -2.34. The monoisotopic (exact) mass is 308 g/mol. The lowest BCUT2D eigenvalue weighted by molar-refractivity contribution is 0.427. The van der Waals surface area contributed by atoms with E-state index in [9.17, 15) is 0 Å². The fraction of sp³-hybridized carbons (Fsp3) is 0.476. The SMILES string of the molecule is CC1=CC=CC2=C(C(=[Si](C)C)C(C)(C)C2C2=CC=CC2)C1C. The lowest BCUT2D eigenvalue weighted by Gasteiger charge is -2.33. The van der Waals surface area contributed by atoms with Gasteiger partial charge in [-0.25, -0.2) is 0 Å². The van der Waals surface area contributed by atoms with Crippen molar-refractivity contribution in [3.05, 3.63) is 58.7 Å². The van der Waals surface area contributed by atoms with Crippen LogP contribution in [0.5, 0.6) is 0 Å². The van der Waals surface area contributed by atoms with Crippen LogP contribution in [0, 0.1) is 17.3 Å². The zero-order valence-corrected chi connectivity index (χ0v) is 15.8. The summed E-state index contributed by atoms with van der Waals surface area (Å²) in [6.45, 7) is 14.6. The molecule has 0 bridgehead atoms. The molecule has 1 heteroatoms. The van der Waals surface area contributed by atoms with Crippen molar-refractivity contribution in [3.8, 4) is 0 Å². The predicted molar refractivity (Wildman–Crippen MR) is 101 cm³/mol. The molecule has 116 valence electrons. The summed E-state index contributed by atoms with van der Waals surface area (Å²) in [6.07, 6.45) is 15.0. The molecule has 0 spiro atoms. The summed E-state index contributed by atoms with van der Waals surface area (Å²) in [4.78, 5) is 0. The Balaban J connectivity index is 2.25. The van der Waals surface area contributed by atoms with E-state index in [4.69, 9.17) is 0 Å². The van der Waals surface area contributed by atoms with Crippen molar-refractivity contribution in [2.24, 2.45) is 17.3 Å². The van der Waals surface area contributed by atoms with Gasteiger partial charge in [0.25, 0.3) is 0 Å². The average molecular weight is 309 g/mol. The highest BCUT2D eigenvalue weighted by atomic mass is 28.2. The van der Waals surface area contributed by atoms with Gasteiger partial charge in [-0.3, -0.25) is 0 Å². The first-order valence-corrected chi connectivity index (χ1v) is 11.0. The summed E-state index contributed by atoms with van der Waals surface area (Å²) in [6, 6.07) is 0. The number of rotatable bonds is 1. The second-order valence-corrected chi connectivity index (χ2v) is 10.3. The van der Waals surface area contributed by atoms with E-state index < -0.39 is 8.41 Å². The Morgan fingerprint density at radius 1 is 1.14 bits per heavy atom. The maximum Gasteiger partial charge on any atom is 0.0145 e. The second-order valence-electron chi connectivity index (χ2n) is 7.76. The zero-order valence-electron chi connectivity index (χ0n) is 14.8. The normalized spacial score (nSPS) is 29.5. The van der Waals surface area contributed by atoms with Crippen molar-refractivity contribution < 1.29 is 0 Å².